The van der Waals surface area contributed by atoms with Gasteiger partial charge in [-0.25, -0.2) is 0 Å². The van der Waals surface area contributed by atoms with Gasteiger partial charge in [0.05, 0.1) is 29.0 Å². The van der Waals surface area contributed by atoms with Crippen molar-refractivity contribution in [3.05, 3.63) is 72.7 Å². The summed E-state index contributed by atoms with van der Waals surface area (Å²) in [6, 6.07) is 18.7. The standard InChI is InChI=1S/C25H23N5O3S/c1-16-14-22(31)26-20-10-6-7-11-21(20)29(16)23(32)15-34-25-28-27-24(19-12-13-33-17(19)2)30(25)18-8-4-3-5-9-18/h3-13,16H,14-15H2,1-2H3,(H,26,31)/t16-/m0/s1. The lowest BCUT2D eigenvalue weighted by atomic mass is 10.2. The second kappa shape index (κ2) is 9.18. The number of anilines is 2. The van der Waals surface area contributed by atoms with Crippen LogP contribution in [-0.2, 0) is 9.59 Å². The Bertz CT molecular complexity index is 1350. The van der Waals surface area contributed by atoms with Gasteiger partial charge in [0.1, 0.15) is 5.76 Å². The normalized spacial score (nSPS) is 15.5. The Morgan fingerprint density at radius 1 is 1.12 bits per heavy atom. The molecule has 0 saturated carbocycles. The highest BCUT2D eigenvalue weighted by Gasteiger charge is 2.30. The van der Waals surface area contributed by atoms with Gasteiger partial charge in [-0.3, -0.25) is 14.2 Å². The summed E-state index contributed by atoms with van der Waals surface area (Å²) >= 11 is 1.31. The smallest absolute Gasteiger partial charge is 0.237 e. The van der Waals surface area contributed by atoms with Crippen molar-refractivity contribution < 1.29 is 14.0 Å². The van der Waals surface area contributed by atoms with Crippen molar-refractivity contribution in [3.63, 3.8) is 0 Å². The van der Waals surface area contributed by atoms with Crippen LogP contribution in [0, 0.1) is 6.92 Å². The summed E-state index contributed by atoms with van der Waals surface area (Å²) in [6.07, 6.45) is 1.85. The van der Waals surface area contributed by atoms with Gasteiger partial charge in [0.25, 0.3) is 0 Å². The molecule has 1 atom stereocenters. The Kier molecular flexibility index (Phi) is 5.93. The summed E-state index contributed by atoms with van der Waals surface area (Å²) in [4.78, 5) is 27.4. The molecule has 172 valence electrons. The first-order valence-corrected chi connectivity index (χ1v) is 11.9. The molecule has 0 unspecified atom stereocenters. The van der Waals surface area contributed by atoms with Crippen molar-refractivity contribution in [2.24, 2.45) is 0 Å². The number of para-hydroxylation sites is 3. The molecule has 4 aromatic rings. The van der Waals surface area contributed by atoms with Crippen LogP contribution >= 0.6 is 11.8 Å². The lowest BCUT2D eigenvalue weighted by Gasteiger charge is -2.27. The molecule has 0 bridgehead atoms. The SMILES string of the molecule is Cc1occc1-c1nnc(SCC(=O)N2c3ccccc3NC(=O)C[C@@H]2C)n1-c1ccccc1. The van der Waals surface area contributed by atoms with Gasteiger partial charge >= 0.3 is 0 Å². The van der Waals surface area contributed by atoms with Crippen LogP contribution < -0.4 is 10.2 Å². The van der Waals surface area contributed by atoms with Crippen molar-refractivity contribution in [2.45, 2.75) is 31.5 Å². The molecular weight excluding hydrogens is 450 g/mol. The maximum atomic E-state index is 13.4. The number of amides is 2. The largest absolute Gasteiger partial charge is 0.469 e. The van der Waals surface area contributed by atoms with Crippen molar-refractivity contribution in [3.8, 4) is 17.1 Å². The summed E-state index contributed by atoms with van der Waals surface area (Å²) in [5, 5.41) is 12.3. The molecule has 8 nitrogen and oxygen atoms in total. The molecule has 2 aromatic carbocycles. The lowest BCUT2D eigenvalue weighted by Crippen LogP contribution is -2.40. The van der Waals surface area contributed by atoms with E-state index in [-0.39, 0.29) is 30.0 Å². The van der Waals surface area contributed by atoms with Gasteiger partial charge in [-0.05, 0) is 44.2 Å². The van der Waals surface area contributed by atoms with E-state index in [2.05, 4.69) is 15.5 Å². The van der Waals surface area contributed by atoms with E-state index in [1.54, 1.807) is 11.2 Å². The molecule has 2 amide bonds. The van der Waals surface area contributed by atoms with E-state index < -0.39 is 0 Å². The fraction of sp³-hybridized carbons (Fsp3) is 0.200. The number of hydrogen-bond acceptors (Lipinski definition) is 6. The predicted molar refractivity (Wildman–Crippen MR) is 131 cm³/mol. The first-order valence-electron chi connectivity index (χ1n) is 10.9. The molecule has 1 aliphatic heterocycles. The number of hydrogen-bond donors (Lipinski definition) is 1. The zero-order chi connectivity index (χ0) is 23.7. The lowest BCUT2D eigenvalue weighted by molar-refractivity contribution is -0.117. The molecule has 0 aliphatic carbocycles. The predicted octanol–water partition coefficient (Wildman–Crippen LogP) is 4.69. The first-order chi connectivity index (χ1) is 16.5. The average Bonchev–Trinajstić information content (AvgIpc) is 3.41. The van der Waals surface area contributed by atoms with Crippen LogP contribution in [0.1, 0.15) is 19.1 Å². The second-order valence-corrected chi connectivity index (χ2v) is 8.98. The molecule has 1 aliphatic rings. The average molecular weight is 474 g/mol. The topological polar surface area (TPSA) is 93.3 Å². The van der Waals surface area contributed by atoms with Gasteiger partial charge < -0.3 is 14.6 Å². The maximum Gasteiger partial charge on any atom is 0.237 e. The van der Waals surface area contributed by atoms with Gasteiger partial charge in [-0.2, -0.15) is 0 Å². The molecule has 0 spiro atoms. The Labute approximate surface area is 201 Å². The molecule has 1 N–H and O–H groups in total. The summed E-state index contributed by atoms with van der Waals surface area (Å²) in [6.45, 7) is 3.76. The van der Waals surface area contributed by atoms with Gasteiger partial charge in [0.2, 0.25) is 11.8 Å². The molecule has 2 aromatic heterocycles. The number of benzene rings is 2. The third-order valence-electron chi connectivity index (χ3n) is 5.70. The highest BCUT2D eigenvalue weighted by molar-refractivity contribution is 7.99. The minimum Gasteiger partial charge on any atom is -0.469 e. The van der Waals surface area contributed by atoms with Crippen molar-refractivity contribution in [2.75, 3.05) is 16.0 Å². The molecule has 34 heavy (non-hydrogen) atoms. The minimum absolute atomic E-state index is 0.105. The molecular formula is C25H23N5O3S. The second-order valence-electron chi connectivity index (χ2n) is 8.04. The number of nitrogens with zero attached hydrogens (tertiary/aromatic N) is 4. The number of fused-ring (bicyclic) bond motifs is 1. The molecule has 5 rings (SSSR count). The van der Waals surface area contributed by atoms with E-state index >= 15 is 0 Å². The minimum atomic E-state index is -0.270. The summed E-state index contributed by atoms with van der Waals surface area (Å²) in [5.41, 5.74) is 3.07. The third kappa shape index (κ3) is 4.10. The Morgan fingerprint density at radius 3 is 2.65 bits per heavy atom. The van der Waals surface area contributed by atoms with Crippen molar-refractivity contribution >= 4 is 35.0 Å². The van der Waals surface area contributed by atoms with Gasteiger partial charge in [0.15, 0.2) is 11.0 Å². The zero-order valence-corrected chi connectivity index (χ0v) is 19.6. The van der Waals surface area contributed by atoms with Gasteiger partial charge in [-0.15, -0.1) is 10.2 Å². The number of nitrogens with one attached hydrogen (secondary N) is 1. The van der Waals surface area contributed by atoms with Gasteiger partial charge in [0, 0.05) is 18.2 Å². The van der Waals surface area contributed by atoms with E-state index in [0.717, 1.165) is 17.0 Å². The number of furan rings is 1. The van der Waals surface area contributed by atoms with E-state index in [1.807, 2.05) is 79.1 Å². The van der Waals surface area contributed by atoms with Crippen LogP contribution in [0.15, 0.2) is 76.5 Å². The van der Waals surface area contributed by atoms with E-state index in [4.69, 9.17) is 4.42 Å². The molecule has 9 heteroatoms. The highest BCUT2D eigenvalue weighted by Crippen LogP contribution is 2.34. The van der Waals surface area contributed by atoms with E-state index in [9.17, 15) is 9.59 Å². The summed E-state index contributed by atoms with van der Waals surface area (Å²) in [5.74, 6) is 1.32. The monoisotopic (exact) mass is 473 g/mol. The third-order valence-corrected chi connectivity index (χ3v) is 6.61. The fourth-order valence-electron chi connectivity index (χ4n) is 4.13. The van der Waals surface area contributed by atoms with Crippen LogP contribution in [0.25, 0.3) is 17.1 Å². The summed E-state index contributed by atoms with van der Waals surface area (Å²) < 4.78 is 7.41. The number of aryl methyl sites for hydroxylation is 1. The number of carbonyl (C=O) groups excluding carboxylic acids is 2. The quantitative estimate of drug-likeness (QED) is 0.423. The van der Waals surface area contributed by atoms with Gasteiger partial charge in [-0.1, -0.05) is 42.1 Å². The van der Waals surface area contributed by atoms with Crippen LogP contribution in [0.5, 0.6) is 0 Å². The number of aromatic nitrogens is 3. The number of rotatable bonds is 5. The van der Waals surface area contributed by atoms with Crippen LogP contribution in [0.2, 0.25) is 0 Å². The van der Waals surface area contributed by atoms with Crippen LogP contribution in [0.3, 0.4) is 0 Å². The molecule has 0 radical (unpaired) electrons. The highest BCUT2D eigenvalue weighted by atomic mass is 32.2. The van der Waals surface area contributed by atoms with Crippen LogP contribution in [0.4, 0.5) is 11.4 Å². The van der Waals surface area contributed by atoms with Crippen molar-refractivity contribution in [1.82, 2.24) is 14.8 Å². The van der Waals surface area contributed by atoms with E-state index in [0.29, 0.717) is 22.4 Å². The van der Waals surface area contributed by atoms with Crippen molar-refractivity contribution in [1.29, 1.82) is 0 Å². The van der Waals surface area contributed by atoms with Crippen LogP contribution in [-0.4, -0.2) is 38.4 Å². The molecule has 3 heterocycles. The Hall–Kier alpha value is -3.85. The molecule has 0 saturated heterocycles. The number of carbonyl (C=O) groups is 2. The molecule has 0 fully saturated rings. The first kappa shape index (κ1) is 22.0. The van der Waals surface area contributed by atoms with E-state index in [1.165, 1.54) is 11.8 Å². The zero-order valence-electron chi connectivity index (χ0n) is 18.8. The summed E-state index contributed by atoms with van der Waals surface area (Å²) in [7, 11) is 0. The maximum absolute atomic E-state index is 13.4. The fourth-order valence-corrected chi connectivity index (χ4v) is 4.94. The Morgan fingerprint density at radius 2 is 1.88 bits per heavy atom. The number of thioether (sulfide) groups is 1. The Balaban J connectivity index is 1.46.